The van der Waals surface area contributed by atoms with Crippen LogP contribution in [0, 0.1) is 17.3 Å². The highest BCUT2D eigenvalue weighted by molar-refractivity contribution is 5.03. The SMILES string of the molecule is CCN1CCC(CNC2CC(OCC(C)C)C2(C)C)CC1. The Morgan fingerprint density at radius 1 is 1.24 bits per heavy atom. The van der Waals surface area contributed by atoms with Gasteiger partial charge < -0.3 is 15.0 Å². The van der Waals surface area contributed by atoms with Crippen molar-refractivity contribution >= 4 is 0 Å². The summed E-state index contributed by atoms with van der Waals surface area (Å²) in [6, 6.07) is 0.638. The maximum Gasteiger partial charge on any atom is 0.0656 e. The Labute approximate surface area is 131 Å². The summed E-state index contributed by atoms with van der Waals surface area (Å²) >= 11 is 0. The highest BCUT2D eigenvalue weighted by atomic mass is 16.5. The Morgan fingerprint density at radius 3 is 2.43 bits per heavy atom. The van der Waals surface area contributed by atoms with Crippen LogP contribution in [-0.4, -0.2) is 49.8 Å². The predicted molar refractivity (Wildman–Crippen MR) is 89.6 cm³/mol. The molecule has 0 aromatic carbocycles. The summed E-state index contributed by atoms with van der Waals surface area (Å²) < 4.78 is 6.06. The van der Waals surface area contributed by atoms with Crippen molar-refractivity contribution in [3.63, 3.8) is 0 Å². The molecule has 0 radical (unpaired) electrons. The molecule has 2 aliphatic rings. The monoisotopic (exact) mass is 296 g/mol. The fourth-order valence-corrected chi connectivity index (χ4v) is 3.64. The van der Waals surface area contributed by atoms with E-state index < -0.39 is 0 Å². The molecule has 124 valence electrons. The Balaban J connectivity index is 1.66. The predicted octanol–water partition coefficient (Wildman–Crippen LogP) is 3.15. The summed E-state index contributed by atoms with van der Waals surface area (Å²) in [4.78, 5) is 2.57. The second-order valence-electron chi connectivity index (χ2n) is 8.11. The van der Waals surface area contributed by atoms with E-state index in [2.05, 4.69) is 44.8 Å². The average Bonchev–Trinajstić information content (AvgIpc) is 2.46. The van der Waals surface area contributed by atoms with Crippen molar-refractivity contribution in [2.45, 2.75) is 66.0 Å². The number of nitrogens with zero attached hydrogens (tertiary/aromatic N) is 1. The lowest BCUT2D eigenvalue weighted by Crippen LogP contribution is -2.61. The van der Waals surface area contributed by atoms with E-state index in [9.17, 15) is 0 Å². The third kappa shape index (κ3) is 4.43. The minimum absolute atomic E-state index is 0.291. The summed E-state index contributed by atoms with van der Waals surface area (Å²) in [5.74, 6) is 1.51. The van der Waals surface area contributed by atoms with Gasteiger partial charge in [0.25, 0.3) is 0 Å². The Hall–Kier alpha value is -0.120. The molecule has 2 atom stereocenters. The average molecular weight is 296 g/mol. The molecule has 1 aliphatic carbocycles. The van der Waals surface area contributed by atoms with Gasteiger partial charge in [-0.05, 0) is 57.3 Å². The molecule has 2 unspecified atom stereocenters. The topological polar surface area (TPSA) is 24.5 Å². The van der Waals surface area contributed by atoms with E-state index >= 15 is 0 Å². The smallest absolute Gasteiger partial charge is 0.0656 e. The van der Waals surface area contributed by atoms with E-state index in [1.807, 2.05) is 0 Å². The van der Waals surface area contributed by atoms with Crippen LogP contribution in [0.5, 0.6) is 0 Å². The van der Waals surface area contributed by atoms with Gasteiger partial charge in [0.05, 0.1) is 6.10 Å². The number of ether oxygens (including phenoxy) is 1. The minimum atomic E-state index is 0.291. The van der Waals surface area contributed by atoms with E-state index in [1.165, 1.54) is 45.4 Å². The number of hydrogen-bond donors (Lipinski definition) is 1. The molecule has 0 amide bonds. The van der Waals surface area contributed by atoms with Crippen LogP contribution in [0.4, 0.5) is 0 Å². The summed E-state index contributed by atoms with van der Waals surface area (Å²) in [6.07, 6.45) is 4.36. The van der Waals surface area contributed by atoms with Gasteiger partial charge in [-0.3, -0.25) is 0 Å². The first-order valence-corrected chi connectivity index (χ1v) is 9.00. The van der Waals surface area contributed by atoms with Crippen molar-refractivity contribution in [3.8, 4) is 0 Å². The van der Waals surface area contributed by atoms with Crippen molar-refractivity contribution in [1.82, 2.24) is 10.2 Å². The summed E-state index contributed by atoms with van der Waals surface area (Å²) in [5.41, 5.74) is 0.291. The Kier molecular flexibility index (Phi) is 6.10. The highest BCUT2D eigenvalue weighted by Crippen LogP contribution is 2.43. The fourth-order valence-electron chi connectivity index (χ4n) is 3.64. The normalized spacial score (nSPS) is 30.6. The Bertz CT molecular complexity index is 308. The summed E-state index contributed by atoms with van der Waals surface area (Å²) in [7, 11) is 0. The molecule has 2 fully saturated rings. The maximum atomic E-state index is 6.06. The third-order valence-corrected chi connectivity index (χ3v) is 5.62. The first kappa shape index (κ1) is 17.2. The molecule has 1 aliphatic heterocycles. The van der Waals surface area contributed by atoms with Crippen molar-refractivity contribution < 1.29 is 4.74 Å². The molecule has 0 aromatic heterocycles. The van der Waals surface area contributed by atoms with Gasteiger partial charge in [0.1, 0.15) is 0 Å². The molecular formula is C18H36N2O. The molecule has 1 saturated heterocycles. The van der Waals surface area contributed by atoms with E-state index in [0.29, 0.717) is 23.5 Å². The lowest BCUT2D eigenvalue weighted by Gasteiger charge is -2.52. The minimum Gasteiger partial charge on any atom is -0.377 e. The van der Waals surface area contributed by atoms with Gasteiger partial charge in [-0.1, -0.05) is 34.6 Å². The maximum absolute atomic E-state index is 6.06. The molecule has 0 spiro atoms. The van der Waals surface area contributed by atoms with Gasteiger partial charge >= 0.3 is 0 Å². The number of nitrogens with one attached hydrogen (secondary N) is 1. The summed E-state index contributed by atoms with van der Waals surface area (Å²) in [5, 5.41) is 3.83. The van der Waals surface area contributed by atoms with Crippen LogP contribution in [0.2, 0.25) is 0 Å². The zero-order valence-electron chi connectivity index (χ0n) is 14.8. The first-order chi connectivity index (χ1) is 9.93. The van der Waals surface area contributed by atoms with Gasteiger partial charge in [-0.25, -0.2) is 0 Å². The van der Waals surface area contributed by atoms with Crippen LogP contribution in [-0.2, 0) is 4.74 Å². The quantitative estimate of drug-likeness (QED) is 0.781. The van der Waals surface area contributed by atoms with Crippen LogP contribution in [0.25, 0.3) is 0 Å². The number of likely N-dealkylation sites (tertiary alicyclic amines) is 1. The van der Waals surface area contributed by atoms with Gasteiger partial charge in [0.2, 0.25) is 0 Å². The largest absolute Gasteiger partial charge is 0.377 e. The van der Waals surface area contributed by atoms with Crippen LogP contribution < -0.4 is 5.32 Å². The molecule has 3 nitrogen and oxygen atoms in total. The Morgan fingerprint density at radius 2 is 1.90 bits per heavy atom. The van der Waals surface area contributed by atoms with Gasteiger partial charge in [-0.2, -0.15) is 0 Å². The number of rotatable bonds is 7. The molecule has 2 rings (SSSR count). The van der Waals surface area contributed by atoms with Gasteiger partial charge in [-0.15, -0.1) is 0 Å². The van der Waals surface area contributed by atoms with E-state index in [4.69, 9.17) is 4.74 Å². The molecule has 21 heavy (non-hydrogen) atoms. The second-order valence-corrected chi connectivity index (χ2v) is 8.11. The van der Waals surface area contributed by atoms with Crippen molar-refractivity contribution in [1.29, 1.82) is 0 Å². The molecule has 1 heterocycles. The van der Waals surface area contributed by atoms with Crippen molar-refractivity contribution in [2.24, 2.45) is 17.3 Å². The van der Waals surface area contributed by atoms with Crippen molar-refractivity contribution in [2.75, 3.05) is 32.8 Å². The standard InChI is InChI=1S/C18H36N2O/c1-6-20-9-7-15(8-10-20)12-19-16-11-17(18(16,4)5)21-13-14(2)3/h14-17,19H,6-13H2,1-5H3. The fraction of sp³-hybridized carbons (Fsp3) is 1.00. The zero-order valence-corrected chi connectivity index (χ0v) is 14.8. The van der Waals surface area contributed by atoms with Gasteiger partial charge in [0.15, 0.2) is 0 Å². The zero-order chi connectivity index (χ0) is 15.5. The van der Waals surface area contributed by atoms with Crippen LogP contribution in [0.1, 0.15) is 53.9 Å². The number of piperidine rings is 1. The lowest BCUT2D eigenvalue weighted by molar-refractivity contribution is -0.124. The van der Waals surface area contributed by atoms with Crippen molar-refractivity contribution in [3.05, 3.63) is 0 Å². The molecule has 1 N–H and O–H groups in total. The molecular weight excluding hydrogens is 260 g/mol. The molecule has 0 aromatic rings. The molecule has 0 bridgehead atoms. The first-order valence-electron chi connectivity index (χ1n) is 9.00. The summed E-state index contributed by atoms with van der Waals surface area (Å²) in [6.45, 7) is 17.3. The van der Waals surface area contributed by atoms with Crippen LogP contribution >= 0.6 is 0 Å². The third-order valence-electron chi connectivity index (χ3n) is 5.62. The van der Waals surface area contributed by atoms with E-state index in [1.54, 1.807) is 0 Å². The molecule has 3 heteroatoms. The van der Waals surface area contributed by atoms with Gasteiger partial charge in [0, 0.05) is 18.1 Å². The van der Waals surface area contributed by atoms with Crippen LogP contribution in [0.3, 0.4) is 0 Å². The van der Waals surface area contributed by atoms with E-state index in [0.717, 1.165) is 12.5 Å². The molecule has 1 saturated carbocycles. The van der Waals surface area contributed by atoms with Crippen LogP contribution in [0.15, 0.2) is 0 Å². The second kappa shape index (κ2) is 7.43. The lowest BCUT2D eigenvalue weighted by atomic mass is 9.64. The van der Waals surface area contributed by atoms with E-state index in [-0.39, 0.29) is 0 Å². The highest BCUT2D eigenvalue weighted by Gasteiger charge is 2.48. The number of hydrogen-bond acceptors (Lipinski definition) is 3.